The first-order valence-electron chi connectivity index (χ1n) is 5.60. The van der Waals surface area contributed by atoms with Crippen LogP contribution in [0, 0.1) is 0 Å². The number of rotatable bonds is 2. The van der Waals surface area contributed by atoms with Gasteiger partial charge in [-0.05, 0) is 22.5 Å². The number of hydrogen-bond donors (Lipinski definition) is 2. The Balaban J connectivity index is 2.58. The molecule has 0 amide bonds. The minimum atomic E-state index is -2.04. The lowest BCUT2D eigenvalue weighted by atomic mass is 10.3. The zero-order valence-electron chi connectivity index (χ0n) is 10.0. The zero-order valence-corrected chi connectivity index (χ0v) is 11.0. The Hall–Kier alpha value is -1.74. The fraction of sp³-hybridized carbons (Fsp3) is 0.143. The van der Waals surface area contributed by atoms with Crippen LogP contribution in [0.2, 0.25) is 13.1 Å². The first kappa shape index (κ1) is 11.7. The van der Waals surface area contributed by atoms with Crippen molar-refractivity contribution < 1.29 is 10.2 Å². The molecular weight excluding hydrogens is 228 g/mol. The van der Waals surface area contributed by atoms with E-state index in [2.05, 4.69) is 13.1 Å². The van der Waals surface area contributed by atoms with Crippen LogP contribution in [-0.4, -0.2) is 18.3 Å². The third kappa shape index (κ3) is 2.06. The van der Waals surface area contributed by atoms with E-state index in [0.717, 1.165) is 10.4 Å². The van der Waals surface area contributed by atoms with Gasteiger partial charge in [-0.15, -0.1) is 0 Å². The van der Waals surface area contributed by atoms with Gasteiger partial charge in [-0.2, -0.15) is 0 Å². The minimum Gasteiger partial charge on any atom is -0.508 e. The van der Waals surface area contributed by atoms with Gasteiger partial charge in [-0.1, -0.05) is 49.5 Å². The summed E-state index contributed by atoms with van der Waals surface area (Å²) in [6.45, 7) is 4.24. The number of phenolic OH excluding ortho intramolecular Hbond substituents is 2. The average molecular weight is 244 g/mol. The van der Waals surface area contributed by atoms with Gasteiger partial charge in [0.25, 0.3) is 0 Å². The maximum absolute atomic E-state index is 9.95. The van der Waals surface area contributed by atoms with Gasteiger partial charge < -0.3 is 10.2 Å². The van der Waals surface area contributed by atoms with E-state index in [1.807, 2.05) is 36.4 Å². The molecule has 0 bridgehead atoms. The summed E-state index contributed by atoms with van der Waals surface area (Å²) in [5.74, 6) is 0.625. The van der Waals surface area contributed by atoms with Crippen LogP contribution in [0.4, 0.5) is 0 Å². The number of aromatic hydroxyl groups is 2. The maximum Gasteiger partial charge on any atom is 0.121 e. The van der Waals surface area contributed by atoms with Gasteiger partial charge >= 0.3 is 0 Å². The second-order valence-electron chi connectivity index (χ2n) is 4.66. The third-order valence-electron chi connectivity index (χ3n) is 3.15. The van der Waals surface area contributed by atoms with Crippen LogP contribution in [-0.2, 0) is 0 Å². The molecule has 2 N–H and O–H groups in total. The molecule has 0 atom stereocenters. The van der Waals surface area contributed by atoms with Crippen LogP contribution < -0.4 is 10.4 Å². The van der Waals surface area contributed by atoms with Crippen molar-refractivity contribution >= 4 is 18.4 Å². The third-order valence-corrected chi connectivity index (χ3v) is 6.69. The Bertz CT molecular complexity index is 488. The van der Waals surface area contributed by atoms with Gasteiger partial charge in [0.05, 0.1) is 0 Å². The molecule has 2 rings (SSSR count). The molecule has 17 heavy (non-hydrogen) atoms. The van der Waals surface area contributed by atoms with E-state index in [1.165, 1.54) is 0 Å². The molecule has 0 aliphatic carbocycles. The van der Waals surface area contributed by atoms with Gasteiger partial charge in [-0.3, -0.25) is 0 Å². The molecule has 0 spiro atoms. The molecule has 0 fully saturated rings. The summed E-state index contributed by atoms with van der Waals surface area (Å²) in [6, 6.07) is 14.7. The van der Waals surface area contributed by atoms with Gasteiger partial charge in [0.1, 0.15) is 19.6 Å². The first-order chi connectivity index (χ1) is 8.03. The number of hydrogen-bond acceptors (Lipinski definition) is 2. The molecule has 0 saturated heterocycles. The molecule has 2 aromatic carbocycles. The Morgan fingerprint density at radius 3 is 1.41 bits per heavy atom. The Labute approximate surface area is 102 Å². The monoisotopic (exact) mass is 244 g/mol. The summed E-state index contributed by atoms with van der Waals surface area (Å²) in [5.41, 5.74) is 0. The standard InChI is InChI=1S/C14H16O2Si/c1-17(2,13-9-5-3-7-11(13)15)14-10-6-4-8-12(14)16/h3-10,15-16H,1-2H3. The lowest BCUT2D eigenvalue weighted by Gasteiger charge is -2.25. The van der Waals surface area contributed by atoms with Gasteiger partial charge in [-0.25, -0.2) is 0 Å². The maximum atomic E-state index is 9.95. The molecule has 0 saturated carbocycles. The zero-order chi connectivity index (χ0) is 12.5. The molecule has 0 aliphatic rings. The fourth-order valence-electron chi connectivity index (χ4n) is 2.15. The summed E-state index contributed by atoms with van der Waals surface area (Å²) >= 11 is 0. The van der Waals surface area contributed by atoms with Crippen LogP contribution in [0.5, 0.6) is 11.5 Å². The minimum absolute atomic E-state index is 0.312. The van der Waals surface area contributed by atoms with Crippen molar-refractivity contribution in [3.05, 3.63) is 48.5 Å². The molecule has 88 valence electrons. The van der Waals surface area contributed by atoms with Crippen molar-refractivity contribution in [2.75, 3.05) is 0 Å². The predicted molar refractivity (Wildman–Crippen MR) is 73.0 cm³/mol. The van der Waals surface area contributed by atoms with Gasteiger partial charge in [0.15, 0.2) is 0 Å². The van der Waals surface area contributed by atoms with Crippen LogP contribution in [0.3, 0.4) is 0 Å². The molecule has 3 heteroatoms. The molecule has 2 aromatic rings. The largest absolute Gasteiger partial charge is 0.508 e. The molecule has 2 nitrogen and oxygen atoms in total. The van der Waals surface area contributed by atoms with Crippen molar-refractivity contribution in [3.8, 4) is 11.5 Å². The molecular formula is C14H16O2Si. The van der Waals surface area contributed by atoms with Crippen molar-refractivity contribution in [3.63, 3.8) is 0 Å². The highest BCUT2D eigenvalue weighted by atomic mass is 28.3. The quantitative estimate of drug-likeness (QED) is 0.792. The van der Waals surface area contributed by atoms with Crippen molar-refractivity contribution in [2.24, 2.45) is 0 Å². The van der Waals surface area contributed by atoms with Crippen molar-refractivity contribution in [1.82, 2.24) is 0 Å². The van der Waals surface area contributed by atoms with Crippen LogP contribution >= 0.6 is 0 Å². The van der Waals surface area contributed by atoms with Crippen LogP contribution in [0.15, 0.2) is 48.5 Å². The van der Waals surface area contributed by atoms with E-state index in [0.29, 0.717) is 11.5 Å². The predicted octanol–water partition coefficient (Wildman–Crippen LogP) is 1.92. The Morgan fingerprint density at radius 1 is 0.706 bits per heavy atom. The summed E-state index contributed by atoms with van der Waals surface area (Å²) < 4.78 is 0. The molecule has 0 radical (unpaired) electrons. The van der Waals surface area contributed by atoms with Crippen LogP contribution in [0.1, 0.15) is 0 Å². The number of phenols is 2. The van der Waals surface area contributed by atoms with Crippen molar-refractivity contribution in [1.29, 1.82) is 0 Å². The van der Waals surface area contributed by atoms with E-state index < -0.39 is 8.07 Å². The van der Waals surface area contributed by atoms with E-state index in [1.54, 1.807) is 12.1 Å². The normalized spacial score (nSPS) is 11.4. The molecule has 0 aliphatic heterocycles. The van der Waals surface area contributed by atoms with E-state index in [-0.39, 0.29) is 0 Å². The Kier molecular flexibility index (Phi) is 2.94. The highest BCUT2D eigenvalue weighted by molar-refractivity contribution is 7.01. The van der Waals surface area contributed by atoms with Crippen molar-refractivity contribution in [2.45, 2.75) is 13.1 Å². The molecule has 0 unspecified atom stereocenters. The Morgan fingerprint density at radius 2 is 1.06 bits per heavy atom. The first-order valence-corrected chi connectivity index (χ1v) is 8.60. The highest BCUT2D eigenvalue weighted by Crippen LogP contribution is 2.17. The highest BCUT2D eigenvalue weighted by Gasteiger charge is 2.30. The average Bonchev–Trinajstić information content (AvgIpc) is 2.29. The smallest absolute Gasteiger partial charge is 0.121 e. The number of para-hydroxylation sites is 2. The number of benzene rings is 2. The second-order valence-corrected chi connectivity index (χ2v) is 8.99. The summed E-state index contributed by atoms with van der Waals surface area (Å²) in [6.07, 6.45) is 0. The van der Waals surface area contributed by atoms with Gasteiger partial charge in [0.2, 0.25) is 0 Å². The molecule has 0 heterocycles. The SMILES string of the molecule is C[Si](C)(c1ccccc1O)c1ccccc1O. The van der Waals surface area contributed by atoms with E-state index in [9.17, 15) is 10.2 Å². The van der Waals surface area contributed by atoms with E-state index >= 15 is 0 Å². The summed E-state index contributed by atoms with van der Waals surface area (Å²) in [5, 5.41) is 21.8. The second kappa shape index (κ2) is 4.26. The lowest BCUT2D eigenvalue weighted by molar-refractivity contribution is 0.478. The van der Waals surface area contributed by atoms with Gasteiger partial charge in [0, 0.05) is 0 Å². The fourth-order valence-corrected chi connectivity index (χ4v) is 4.91. The summed E-state index contributed by atoms with van der Waals surface area (Å²) in [7, 11) is -2.04. The van der Waals surface area contributed by atoms with Crippen LogP contribution in [0.25, 0.3) is 0 Å². The lowest BCUT2D eigenvalue weighted by Crippen LogP contribution is -2.52. The topological polar surface area (TPSA) is 40.5 Å². The summed E-state index contributed by atoms with van der Waals surface area (Å²) in [4.78, 5) is 0. The van der Waals surface area contributed by atoms with E-state index in [4.69, 9.17) is 0 Å². The molecule has 0 aromatic heterocycles.